The largest absolute Gasteiger partial charge is 0.509 e. The molecule has 5 rings (SSSR count). The van der Waals surface area contributed by atoms with Crippen LogP contribution in [-0.4, -0.2) is 51.6 Å². The summed E-state index contributed by atoms with van der Waals surface area (Å²) in [6, 6.07) is 0. The summed E-state index contributed by atoms with van der Waals surface area (Å²) in [4.78, 5) is 38.1. The van der Waals surface area contributed by atoms with Gasteiger partial charge in [-0.15, -0.1) is 0 Å². The smallest absolute Gasteiger partial charge is 0.478 e. The van der Waals surface area contributed by atoms with Gasteiger partial charge in [0.1, 0.15) is 11.9 Å². The maximum absolute atomic E-state index is 17.3. The number of hydrogen-bond acceptors (Lipinski definition) is 6. The second kappa shape index (κ2) is 7.67. The van der Waals surface area contributed by atoms with Gasteiger partial charge in [-0.3, -0.25) is 4.79 Å². The van der Waals surface area contributed by atoms with E-state index in [1.54, 1.807) is 13.8 Å². The Morgan fingerprint density at radius 3 is 2.24 bits per heavy atom. The number of fused-ring (bicyclic) bond motifs is 5. The molecule has 7 nitrogen and oxygen atoms in total. The summed E-state index contributed by atoms with van der Waals surface area (Å²) >= 11 is 0. The van der Waals surface area contributed by atoms with Crippen molar-refractivity contribution in [3.8, 4) is 0 Å². The zero-order valence-corrected chi connectivity index (χ0v) is 23.1. The summed E-state index contributed by atoms with van der Waals surface area (Å²) in [5.41, 5.74) is -8.02. The Balaban J connectivity index is 1.55. The molecule has 210 valence electrons. The van der Waals surface area contributed by atoms with Gasteiger partial charge in [0.15, 0.2) is 11.5 Å². The highest BCUT2D eigenvalue weighted by atomic mass is 19.1. The number of carbonyl (C=O) groups is 3. The van der Waals surface area contributed by atoms with Gasteiger partial charge < -0.3 is 19.7 Å². The highest BCUT2D eigenvalue weighted by Crippen LogP contribution is 2.72. The number of carbonyl (C=O) groups excluding carboxylic acids is 2. The molecule has 0 aliphatic heterocycles. The van der Waals surface area contributed by atoms with Crippen molar-refractivity contribution in [2.75, 3.05) is 0 Å². The van der Waals surface area contributed by atoms with E-state index < -0.39 is 70.0 Å². The molecule has 0 aromatic carbocycles. The number of rotatable bonds is 3. The molecule has 0 aromatic heterocycles. The van der Waals surface area contributed by atoms with Crippen LogP contribution in [0.5, 0.6) is 0 Å². The lowest BCUT2D eigenvalue weighted by atomic mass is 9.45. The number of ketones is 1. The molecule has 0 bridgehead atoms. The molecule has 0 unspecified atom stereocenters. The van der Waals surface area contributed by atoms with E-state index in [0.29, 0.717) is 0 Å². The number of alkyl halides is 1. The summed E-state index contributed by atoms with van der Waals surface area (Å²) in [5.74, 6) is -4.91. The number of aliphatic hydroxyl groups is 1. The fourth-order valence-corrected chi connectivity index (χ4v) is 8.90. The van der Waals surface area contributed by atoms with Crippen LogP contribution in [0.4, 0.5) is 13.6 Å². The van der Waals surface area contributed by atoms with Crippen LogP contribution in [0.15, 0.2) is 23.6 Å². The van der Waals surface area contributed by atoms with Gasteiger partial charge in [0.2, 0.25) is 5.60 Å². The molecular formula is C29H38F2O7. The molecule has 2 N–H and O–H groups in total. The Morgan fingerprint density at radius 1 is 1.08 bits per heavy atom. The Bertz CT molecular complexity index is 1180. The van der Waals surface area contributed by atoms with Crippen molar-refractivity contribution in [2.45, 2.75) is 97.6 Å². The molecule has 0 saturated heterocycles. The zero-order chi connectivity index (χ0) is 28.4. The average Bonchev–Trinajstić information content (AvgIpc) is 3.06. The van der Waals surface area contributed by atoms with E-state index >= 15 is 8.78 Å². The van der Waals surface area contributed by atoms with Gasteiger partial charge in [0.05, 0.1) is 6.10 Å². The van der Waals surface area contributed by atoms with Crippen molar-refractivity contribution in [3.05, 3.63) is 23.6 Å². The number of allylic oxidation sites excluding steroid dienone is 4. The van der Waals surface area contributed by atoms with Gasteiger partial charge in [-0.2, -0.15) is 0 Å². The van der Waals surface area contributed by atoms with Crippen molar-refractivity contribution in [2.24, 2.45) is 39.4 Å². The van der Waals surface area contributed by atoms with Crippen molar-refractivity contribution in [1.29, 1.82) is 0 Å². The van der Waals surface area contributed by atoms with E-state index in [1.165, 1.54) is 19.1 Å². The van der Waals surface area contributed by atoms with Crippen LogP contribution >= 0.6 is 0 Å². The van der Waals surface area contributed by atoms with Crippen molar-refractivity contribution < 1.29 is 42.9 Å². The van der Waals surface area contributed by atoms with E-state index in [4.69, 9.17) is 9.47 Å². The molecule has 3 fully saturated rings. The number of carboxylic acid groups (broad SMARTS) is 1. The summed E-state index contributed by atoms with van der Waals surface area (Å²) in [5, 5.41) is 22.0. The SMILES string of the molecule is C[C@@H]1C[C@H]2[C@@H]3CC(F)=C4CC(=O)C=C[C@]4(C)[C@@]3(F)[C@@H](O)C[C@]2(C)[C@@]1(OC(=O)OC1C(C)(C)C1(C)C)C(=O)O. The molecule has 38 heavy (non-hydrogen) atoms. The third-order valence-electron chi connectivity index (χ3n) is 11.9. The van der Waals surface area contributed by atoms with E-state index in [9.17, 15) is 24.6 Å². The Labute approximate surface area is 221 Å². The molecule has 0 amide bonds. The van der Waals surface area contributed by atoms with Crippen LogP contribution in [0.2, 0.25) is 0 Å². The molecule has 0 heterocycles. The van der Waals surface area contributed by atoms with Crippen LogP contribution in [0.1, 0.15) is 74.1 Å². The van der Waals surface area contributed by atoms with Gasteiger partial charge in [-0.25, -0.2) is 18.4 Å². The molecule has 0 aromatic rings. The Kier molecular flexibility index (Phi) is 5.51. The third-order valence-corrected chi connectivity index (χ3v) is 11.9. The first-order valence-electron chi connectivity index (χ1n) is 13.4. The van der Waals surface area contributed by atoms with E-state index in [0.717, 1.165) is 0 Å². The molecule has 5 aliphatic rings. The van der Waals surface area contributed by atoms with E-state index in [-0.39, 0.29) is 47.9 Å². The maximum Gasteiger partial charge on any atom is 0.509 e. The van der Waals surface area contributed by atoms with E-state index in [2.05, 4.69) is 0 Å². The van der Waals surface area contributed by atoms with Gasteiger partial charge in [0, 0.05) is 46.3 Å². The predicted octanol–water partition coefficient (Wildman–Crippen LogP) is 5.31. The second-order valence-corrected chi connectivity index (χ2v) is 13.9. The number of halogens is 2. The number of hydrogen-bond donors (Lipinski definition) is 2. The van der Waals surface area contributed by atoms with Crippen LogP contribution in [0.3, 0.4) is 0 Å². The van der Waals surface area contributed by atoms with Crippen molar-refractivity contribution in [3.63, 3.8) is 0 Å². The maximum atomic E-state index is 17.3. The van der Waals surface area contributed by atoms with Gasteiger partial charge in [-0.05, 0) is 37.3 Å². The number of aliphatic hydroxyl groups excluding tert-OH is 1. The molecular weight excluding hydrogens is 498 g/mol. The van der Waals surface area contributed by atoms with Crippen LogP contribution in [-0.2, 0) is 19.1 Å². The fraction of sp³-hybridized carbons (Fsp3) is 0.759. The number of aliphatic carboxylic acids is 1. The van der Waals surface area contributed by atoms with E-state index in [1.807, 2.05) is 27.7 Å². The molecule has 3 saturated carbocycles. The minimum Gasteiger partial charge on any atom is -0.478 e. The number of ether oxygens (including phenoxy) is 2. The average molecular weight is 537 g/mol. The highest BCUT2D eigenvalue weighted by molar-refractivity contribution is 5.93. The van der Waals surface area contributed by atoms with Crippen LogP contribution < -0.4 is 0 Å². The third kappa shape index (κ3) is 2.94. The first-order chi connectivity index (χ1) is 17.3. The number of carboxylic acids is 1. The molecule has 8 atom stereocenters. The molecule has 0 spiro atoms. The summed E-state index contributed by atoms with van der Waals surface area (Å²) in [7, 11) is 0. The first kappa shape index (κ1) is 27.3. The van der Waals surface area contributed by atoms with Crippen molar-refractivity contribution in [1.82, 2.24) is 0 Å². The predicted molar refractivity (Wildman–Crippen MR) is 132 cm³/mol. The lowest BCUT2D eigenvalue weighted by Crippen LogP contribution is -2.69. The lowest BCUT2D eigenvalue weighted by Gasteiger charge is -2.61. The first-order valence-corrected chi connectivity index (χ1v) is 13.4. The van der Waals surface area contributed by atoms with Crippen molar-refractivity contribution >= 4 is 17.9 Å². The zero-order valence-electron chi connectivity index (χ0n) is 23.1. The van der Waals surface area contributed by atoms with Gasteiger partial charge >= 0.3 is 12.1 Å². The highest BCUT2D eigenvalue weighted by Gasteiger charge is 2.78. The Morgan fingerprint density at radius 2 is 1.68 bits per heavy atom. The Hall–Kier alpha value is -2.29. The van der Waals surface area contributed by atoms with Crippen LogP contribution in [0, 0.1) is 39.4 Å². The standard InChI is InChI=1S/C29H38F2O7/c1-14-10-16-17-12-19(30)18-11-15(32)8-9-26(18,6)28(17,31)20(33)13-27(16,7)29(14,22(34)35)38-23(36)37-21-24(2,3)25(21,4)5/h8-9,14,16-17,20-21,33H,10-13H2,1-7H3,(H,34,35)/t14-,16+,17+,20+,26+,27+,28+,29+/m1/s1. The molecule has 0 radical (unpaired) electrons. The topological polar surface area (TPSA) is 110 Å². The fourth-order valence-electron chi connectivity index (χ4n) is 8.90. The normalized spacial score (nSPS) is 46.6. The minimum atomic E-state index is -2.34. The molecule has 9 heteroatoms. The van der Waals surface area contributed by atoms with Crippen LogP contribution in [0.25, 0.3) is 0 Å². The van der Waals surface area contributed by atoms with Gasteiger partial charge in [-0.1, -0.05) is 47.6 Å². The summed E-state index contributed by atoms with van der Waals surface area (Å²) in [6.45, 7) is 12.5. The summed E-state index contributed by atoms with van der Waals surface area (Å²) in [6.07, 6.45) is -1.48. The summed E-state index contributed by atoms with van der Waals surface area (Å²) < 4.78 is 44.3. The minimum absolute atomic E-state index is 0.0384. The monoisotopic (exact) mass is 536 g/mol. The van der Waals surface area contributed by atoms with Gasteiger partial charge in [0.25, 0.3) is 0 Å². The second-order valence-electron chi connectivity index (χ2n) is 13.9. The lowest BCUT2D eigenvalue weighted by molar-refractivity contribution is -0.226. The molecule has 5 aliphatic carbocycles. The quantitative estimate of drug-likeness (QED) is 0.470.